The van der Waals surface area contributed by atoms with Crippen molar-refractivity contribution in [1.82, 2.24) is 19.7 Å². The third-order valence-electron chi connectivity index (χ3n) is 4.77. The summed E-state index contributed by atoms with van der Waals surface area (Å²) in [6.07, 6.45) is 8.46. The molecule has 1 fully saturated rings. The van der Waals surface area contributed by atoms with Gasteiger partial charge >= 0.3 is 0 Å². The van der Waals surface area contributed by atoms with Crippen molar-refractivity contribution in [2.24, 2.45) is 0 Å². The first kappa shape index (κ1) is 14.3. The smallest absolute Gasteiger partial charge is 0.153 e. The number of hydrogen-bond acceptors (Lipinski definition) is 4. The fourth-order valence-corrected chi connectivity index (χ4v) is 3.28. The number of H-pyrrole nitrogens is 1. The summed E-state index contributed by atoms with van der Waals surface area (Å²) in [6.45, 7) is 2.86. The molecule has 1 aliphatic heterocycles. The lowest BCUT2D eigenvalue weighted by Gasteiger charge is -2.28. The Labute approximate surface area is 146 Å². The van der Waals surface area contributed by atoms with Gasteiger partial charge in [0.15, 0.2) is 5.82 Å². The Morgan fingerprint density at radius 3 is 3.00 bits per heavy atom. The molecule has 3 aromatic rings. The highest BCUT2D eigenvalue weighted by Crippen LogP contribution is 2.39. The zero-order chi connectivity index (χ0) is 16.8. The van der Waals surface area contributed by atoms with Crippen LogP contribution in [0.3, 0.4) is 0 Å². The van der Waals surface area contributed by atoms with E-state index in [1.807, 2.05) is 12.4 Å². The van der Waals surface area contributed by atoms with E-state index in [-0.39, 0.29) is 0 Å². The van der Waals surface area contributed by atoms with E-state index in [1.165, 1.54) is 24.1 Å². The molecule has 0 spiro atoms. The summed E-state index contributed by atoms with van der Waals surface area (Å²) in [5, 5.41) is 11.0. The van der Waals surface area contributed by atoms with Crippen LogP contribution in [0.15, 0.2) is 48.9 Å². The van der Waals surface area contributed by atoms with Crippen LogP contribution < -0.4 is 10.2 Å². The second kappa shape index (κ2) is 5.51. The van der Waals surface area contributed by atoms with Crippen molar-refractivity contribution >= 4 is 17.3 Å². The summed E-state index contributed by atoms with van der Waals surface area (Å²) in [5.41, 5.74) is 3.63. The monoisotopic (exact) mass is 332 g/mol. The Bertz CT molecular complexity index is 946. The number of hydrogen-bond donors (Lipinski definition) is 2. The summed E-state index contributed by atoms with van der Waals surface area (Å²) < 4.78 is 2.08. The third kappa shape index (κ3) is 2.69. The van der Waals surface area contributed by atoms with Crippen molar-refractivity contribution in [3.8, 4) is 0 Å². The van der Waals surface area contributed by atoms with Gasteiger partial charge in [0.2, 0.25) is 0 Å². The Morgan fingerprint density at radius 2 is 2.16 bits per heavy atom. The average molecular weight is 332 g/mol. The van der Waals surface area contributed by atoms with E-state index in [0.717, 1.165) is 29.7 Å². The largest absolute Gasteiger partial charge is 0.337 e. The van der Waals surface area contributed by atoms with Crippen LogP contribution in [0.1, 0.15) is 35.8 Å². The summed E-state index contributed by atoms with van der Waals surface area (Å²) in [6, 6.07) is 10.6. The lowest BCUT2D eigenvalue weighted by Crippen LogP contribution is -2.27. The van der Waals surface area contributed by atoms with Gasteiger partial charge in [0.25, 0.3) is 0 Å². The average Bonchev–Trinajstić information content (AvgIpc) is 3.16. The highest BCUT2D eigenvalue weighted by molar-refractivity contribution is 5.68. The minimum atomic E-state index is 0.663. The van der Waals surface area contributed by atoms with Crippen molar-refractivity contribution < 1.29 is 0 Å². The van der Waals surface area contributed by atoms with Crippen molar-refractivity contribution in [2.45, 2.75) is 32.2 Å². The first-order valence-corrected chi connectivity index (χ1v) is 8.66. The molecule has 0 atom stereocenters. The molecule has 0 unspecified atom stereocenters. The molecule has 0 radical (unpaired) electrons. The lowest BCUT2D eigenvalue weighted by molar-refractivity contribution is 0.805. The molecule has 0 saturated heterocycles. The highest BCUT2D eigenvalue weighted by atomic mass is 15.3. The quantitative estimate of drug-likeness (QED) is 0.765. The molecule has 0 amide bonds. The predicted octanol–water partition coefficient (Wildman–Crippen LogP) is 3.68. The molecule has 6 nitrogen and oxygen atoms in total. The Hall–Kier alpha value is -3.02. The Morgan fingerprint density at radius 1 is 1.24 bits per heavy atom. The molecular formula is C19H20N6. The molecule has 1 aliphatic carbocycles. The standard InChI is InChI=1S/C19H20N6/c1-13-3-2-4-15(9-13)24-11-18-20-7-8-25(18)19(12-24)21-17-10-16(22-23-17)14-5-6-14/h2-4,7-10,12,14H,5-6,11H2,1H3,(H2,21,22,23). The van der Waals surface area contributed by atoms with Gasteiger partial charge in [-0.05, 0) is 37.5 Å². The topological polar surface area (TPSA) is 61.8 Å². The van der Waals surface area contributed by atoms with Gasteiger partial charge in [-0.2, -0.15) is 5.10 Å². The number of aromatic nitrogens is 4. The van der Waals surface area contributed by atoms with Gasteiger partial charge in [0, 0.05) is 42.0 Å². The van der Waals surface area contributed by atoms with Crippen molar-refractivity contribution in [2.75, 3.05) is 10.2 Å². The van der Waals surface area contributed by atoms with E-state index in [0.29, 0.717) is 5.92 Å². The molecule has 25 heavy (non-hydrogen) atoms. The van der Waals surface area contributed by atoms with Crippen LogP contribution in [0.25, 0.3) is 5.82 Å². The van der Waals surface area contributed by atoms with Gasteiger partial charge in [-0.3, -0.25) is 9.67 Å². The van der Waals surface area contributed by atoms with Gasteiger partial charge in [-0.15, -0.1) is 0 Å². The number of imidazole rings is 1. The van der Waals surface area contributed by atoms with Gasteiger partial charge in [0.05, 0.1) is 6.54 Å². The Balaban J connectivity index is 1.48. The fraction of sp³-hybridized carbons (Fsp3) is 0.263. The van der Waals surface area contributed by atoms with Crippen LogP contribution in [0, 0.1) is 6.92 Å². The van der Waals surface area contributed by atoms with Crippen LogP contribution >= 0.6 is 0 Å². The molecule has 0 bridgehead atoms. The van der Waals surface area contributed by atoms with Gasteiger partial charge in [0.1, 0.15) is 11.6 Å². The van der Waals surface area contributed by atoms with E-state index < -0.39 is 0 Å². The number of anilines is 2. The minimum Gasteiger partial charge on any atom is -0.337 e. The number of fused-ring (bicyclic) bond motifs is 1. The predicted molar refractivity (Wildman–Crippen MR) is 98.0 cm³/mol. The normalized spacial score (nSPS) is 16.5. The van der Waals surface area contributed by atoms with Crippen molar-refractivity contribution in [1.29, 1.82) is 0 Å². The highest BCUT2D eigenvalue weighted by Gasteiger charge is 2.26. The molecule has 126 valence electrons. The second-order valence-corrected chi connectivity index (χ2v) is 6.80. The third-order valence-corrected chi connectivity index (χ3v) is 4.77. The molecule has 1 aromatic carbocycles. The van der Waals surface area contributed by atoms with Crippen LogP contribution in [0.4, 0.5) is 11.5 Å². The molecule has 3 heterocycles. The number of aryl methyl sites for hydroxylation is 1. The lowest BCUT2D eigenvalue weighted by atomic mass is 10.2. The van der Waals surface area contributed by atoms with Gasteiger partial charge in [-0.1, -0.05) is 12.1 Å². The Kier molecular flexibility index (Phi) is 3.16. The van der Waals surface area contributed by atoms with Gasteiger partial charge < -0.3 is 10.2 Å². The van der Waals surface area contributed by atoms with Crippen LogP contribution in [-0.2, 0) is 6.54 Å². The number of rotatable bonds is 4. The molecule has 2 N–H and O–H groups in total. The maximum Gasteiger partial charge on any atom is 0.153 e. The molecule has 2 aliphatic rings. The van der Waals surface area contributed by atoms with E-state index in [4.69, 9.17) is 0 Å². The molecule has 1 saturated carbocycles. The number of aromatic amines is 1. The van der Waals surface area contributed by atoms with Crippen LogP contribution in [0.2, 0.25) is 0 Å². The van der Waals surface area contributed by atoms with Gasteiger partial charge in [-0.25, -0.2) is 4.98 Å². The maximum absolute atomic E-state index is 4.50. The van der Waals surface area contributed by atoms with Crippen LogP contribution in [0.5, 0.6) is 0 Å². The minimum absolute atomic E-state index is 0.663. The van der Waals surface area contributed by atoms with E-state index >= 15 is 0 Å². The summed E-state index contributed by atoms with van der Waals surface area (Å²) in [5.74, 6) is 3.47. The van der Waals surface area contributed by atoms with Crippen LogP contribution in [-0.4, -0.2) is 19.7 Å². The number of nitrogens with one attached hydrogen (secondary N) is 2. The molecule has 6 heteroatoms. The van der Waals surface area contributed by atoms with E-state index in [1.54, 1.807) is 0 Å². The summed E-state index contributed by atoms with van der Waals surface area (Å²) in [4.78, 5) is 6.72. The SMILES string of the molecule is Cc1cccc(N2C=C(Nc3cc(C4CC4)[nH]n3)n3ccnc3C2)c1. The van der Waals surface area contributed by atoms with E-state index in [2.05, 4.69) is 73.4 Å². The number of nitrogens with zero attached hydrogens (tertiary/aromatic N) is 4. The van der Waals surface area contributed by atoms with Crippen molar-refractivity contribution in [3.63, 3.8) is 0 Å². The zero-order valence-electron chi connectivity index (χ0n) is 14.1. The second-order valence-electron chi connectivity index (χ2n) is 6.80. The first-order chi connectivity index (χ1) is 12.3. The molecule has 2 aromatic heterocycles. The molecular weight excluding hydrogens is 312 g/mol. The number of benzene rings is 1. The fourth-order valence-electron chi connectivity index (χ4n) is 3.28. The zero-order valence-corrected chi connectivity index (χ0v) is 14.1. The summed E-state index contributed by atoms with van der Waals surface area (Å²) in [7, 11) is 0. The first-order valence-electron chi connectivity index (χ1n) is 8.66. The van der Waals surface area contributed by atoms with Crippen molar-refractivity contribution in [3.05, 3.63) is 66.0 Å². The maximum atomic E-state index is 4.50. The summed E-state index contributed by atoms with van der Waals surface area (Å²) >= 11 is 0. The molecule has 5 rings (SSSR count). The van der Waals surface area contributed by atoms with E-state index in [9.17, 15) is 0 Å².